The highest BCUT2D eigenvalue weighted by Gasteiger charge is 2.48. The molecular weight excluding hydrogens is 238 g/mol. The summed E-state index contributed by atoms with van der Waals surface area (Å²) in [7, 11) is 0. The van der Waals surface area contributed by atoms with Crippen LogP contribution in [0.1, 0.15) is 64.2 Å². The van der Waals surface area contributed by atoms with Crippen LogP contribution in [-0.2, 0) is 0 Å². The maximum Gasteiger partial charge on any atom is 0.257 e. The molecule has 0 aromatic rings. The summed E-state index contributed by atoms with van der Waals surface area (Å²) in [5, 5.41) is 0. The van der Waals surface area contributed by atoms with Gasteiger partial charge in [-0.15, -0.1) is 0 Å². The highest BCUT2D eigenvalue weighted by molar-refractivity contribution is 7.08. The molecule has 100 valence electrons. The van der Waals surface area contributed by atoms with Crippen LogP contribution in [0, 0.1) is 23.7 Å². The van der Waals surface area contributed by atoms with Crippen LogP contribution < -0.4 is 0 Å². The summed E-state index contributed by atoms with van der Waals surface area (Å²) in [5.74, 6) is 5.87. The van der Waals surface area contributed by atoms with Crippen LogP contribution in [0.3, 0.4) is 0 Å². The molecule has 6 aliphatic rings. The highest BCUT2D eigenvalue weighted by Crippen LogP contribution is 2.57. The zero-order valence-corrected chi connectivity index (χ0v) is 12.2. The maximum absolute atomic E-state index is 7.03. The Morgan fingerprint density at radius 3 is 1.28 bits per heavy atom. The average molecular weight is 265 g/mol. The molecule has 6 saturated carbocycles. The Morgan fingerprint density at radius 2 is 1.00 bits per heavy atom. The summed E-state index contributed by atoms with van der Waals surface area (Å²) in [6, 6.07) is 0. The molecule has 0 spiro atoms. The van der Waals surface area contributed by atoms with E-state index in [1.807, 2.05) is 0 Å². The summed E-state index contributed by atoms with van der Waals surface area (Å²) < 4.78 is 0. The molecule has 2 heteroatoms. The van der Waals surface area contributed by atoms with Gasteiger partial charge in [0.15, 0.2) is 0 Å². The predicted molar refractivity (Wildman–Crippen MR) is 79.2 cm³/mol. The number of hydrogen-bond donors (Lipinski definition) is 0. The van der Waals surface area contributed by atoms with Gasteiger partial charge in [-0.2, -0.15) is 11.5 Å². The minimum Gasteiger partial charge on any atom is -0.195 e. The van der Waals surface area contributed by atoms with E-state index in [4.69, 9.17) is 11.5 Å². The fourth-order valence-corrected chi connectivity index (χ4v) is 6.57. The largest absolute Gasteiger partial charge is 0.257 e. The van der Waals surface area contributed by atoms with Crippen LogP contribution in [0.25, 0.3) is 0 Å². The lowest BCUT2D eigenvalue weighted by Gasteiger charge is -2.49. The smallest absolute Gasteiger partial charge is 0.195 e. The van der Waals surface area contributed by atoms with Gasteiger partial charge in [0, 0.05) is 0 Å². The van der Waals surface area contributed by atoms with Gasteiger partial charge >= 0.3 is 0 Å². The van der Waals surface area contributed by atoms with Gasteiger partial charge in [0.2, 0.25) is 0 Å². The SMILES string of the molecule is ClB(C1CC2CCC1CC2)C1CC2CCC1CC2. The van der Waals surface area contributed by atoms with Crippen molar-refractivity contribution in [2.75, 3.05) is 0 Å². The molecular formula is C16H26BCl. The molecule has 0 radical (unpaired) electrons. The van der Waals surface area contributed by atoms with Crippen LogP contribution in [0.15, 0.2) is 0 Å². The first kappa shape index (κ1) is 12.1. The van der Waals surface area contributed by atoms with Crippen LogP contribution in [-0.4, -0.2) is 6.13 Å². The highest BCUT2D eigenvalue weighted by atomic mass is 35.5. The van der Waals surface area contributed by atoms with Crippen LogP contribution in [0.2, 0.25) is 11.6 Å². The van der Waals surface area contributed by atoms with Gasteiger partial charge in [-0.25, -0.2) is 0 Å². The minimum atomic E-state index is 0.534. The molecule has 0 N–H and O–H groups in total. The molecule has 0 nitrogen and oxygen atoms in total. The monoisotopic (exact) mass is 264 g/mol. The van der Waals surface area contributed by atoms with Gasteiger partial charge < -0.3 is 0 Å². The minimum absolute atomic E-state index is 0.534. The maximum atomic E-state index is 7.03. The standard InChI is InChI=1S/C16H26BCl/c18-17(15-9-11-1-5-13(15)6-2-11)16-10-12-3-7-14(16)8-4-12/h11-16H,1-10H2. The first-order valence-corrected chi connectivity index (χ1v) is 8.89. The Labute approximate surface area is 117 Å². The van der Waals surface area contributed by atoms with Crippen molar-refractivity contribution >= 4 is 17.6 Å². The van der Waals surface area contributed by atoms with Crippen molar-refractivity contribution in [3.8, 4) is 0 Å². The predicted octanol–water partition coefficient (Wildman–Crippen LogP) is 5.38. The summed E-state index contributed by atoms with van der Waals surface area (Å²) in [4.78, 5) is 0. The molecule has 2 atom stereocenters. The topological polar surface area (TPSA) is 0 Å². The van der Waals surface area contributed by atoms with E-state index < -0.39 is 0 Å². The van der Waals surface area contributed by atoms with Crippen LogP contribution in [0.4, 0.5) is 0 Å². The molecule has 0 saturated heterocycles. The van der Waals surface area contributed by atoms with Crippen molar-refractivity contribution in [3.63, 3.8) is 0 Å². The normalized spacial score (nSPS) is 50.5. The van der Waals surface area contributed by atoms with Gasteiger partial charge in [-0.05, 0) is 35.3 Å². The van der Waals surface area contributed by atoms with E-state index in [0.717, 1.165) is 35.3 Å². The summed E-state index contributed by atoms with van der Waals surface area (Å²) in [5.41, 5.74) is 0. The van der Waals surface area contributed by atoms with Crippen molar-refractivity contribution in [2.45, 2.75) is 75.8 Å². The Bertz CT molecular complexity index is 272. The lowest BCUT2D eigenvalue weighted by molar-refractivity contribution is 0.156. The fraction of sp³-hybridized carbons (Fsp3) is 1.00. The molecule has 0 aliphatic heterocycles. The van der Waals surface area contributed by atoms with Crippen molar-refractivity contribution in [3.05, 3.63) is 0 Å². The number of rotatable bonds is 2. The second kappa shape index (κ2) is 4.72. The van der Waals surface area contributed by atoms with Crippen molar-refractivity contribution in [1.29, 1.82) is 0 Å². The molecule has 0 aromatic carbocycles. The zero-order valence-electron chi connectivity index (χ0n) is 11.5. The Balaban J connectivity index is 1.48. The molecule has 0 heterocycles. The number of halogens is 1. The van der Waals surface area contributed by atoms with Crippen molar-refractivity contribution in [1.82, 2.24) is 0 Å². The van der Waals surface area contributed by atoms with E-state index in [9.17, 15) is 0 Å². The van der Waals surface area contributed by atoms with Crippen molar-refractivity contribution < 1.29 is 0 Å². The third-order valence-corrected chi connectivity index (χ3v) is 7.67. The lowest BCUT2D eigenvalue weighted by Crippen LogP contribution is -2.41. The molecule has 6 fully saturated rings. The Kier molecular flexibility index (Phi) is 3.18. The van der Waals surface area contributed by atoms with Gasteiger partial charge in [0.25, 0.3) is 6.13 Å². The van der Waals surface area contributed by atoms with E-state index >= 15 is 0 Å². The van der Waals surface area contributed by atoms with E-state index in [2.05, 4.69) is 0 Å². The van der Waals surface area contributed by atoms with Gasteiger partial charge in [0.1, 0.15) is 0 Å². The Hall–Kier alpha value is 0.355. The molecule has 4 bridgehead atoms. The third kappa shape index (κ3) is 1.96. The average Bonchev–Trinajstić information content (AvgIpc) is 2.49. The fourth-order valence-electron chi connectivity index (χ4n) is 5.96. The third-order valence-electron chi connectivity index (χ3n) is 7.02. The van der Waals surface area contributed by atoms with E-state index in [1.165, 1.54) is 64.2 Å². The van der Waals surface area contributed by atoms with Gasteiger partial charge in [-0.3, -0.25) is 0 Å². The van der Waals surface area contributed by atoms with Gasteiger partial charge in [0.05, 0.1) is 0 Å². The summed E-state index contributed by atoms with van der Waals surface area (Å²) >= 11 is 7.03. The molecule has 0 amide bonds. The molecule has 18 heavy (non-hydrogen) atoms. The first-order chi connectivity index (χ1) is 8.81. The number of hydrogen-bond acceptors (Lipinski definition) is 0. The van der Waals surface area contributed by atoms with Crippen molar-refractivity contribution in [2.24, 2.45) is 23.7 Å². The zero-order chi connectivity index (χ0) is 12.1. The van der Waals surface area contributed by atoms with Gasteiger partial charge in [-0.1, -0.05) is 64.2 Å². The summed E-state index contributed by atoms with van der Waals surface area (Å²) in [6.45, 7) is 0. The molecule has 6 rings (SSSR count). The van der Waals surface area contributed by atoms with E-state index in [1.54, 1.807) is 0 Å². The lowest BCUT2D eigenvalue weighted by atomic mass is 9.38. The quantitative estimate of drug-likeness (QED) is 0.588. The van der Waals surface area contributed by atoms with E-state index in [-0.39, 0.29) is 0 Å². The first-order valence-electron chi connectivity index (χ1n) is 8.45. The molecule has 6 aliphatic carbocycles. The van der Waals surface area contributed by atoms with Crippen LogP contribution in [0.5, 0.6) is 0 Å². The Morgan fingerprint density at radius 1 is 0.611 bits per heavy atom. The number of fused-ring (bicyclic) bond motifs is 6. The second-order valence-electron chi connectivity index (χ2n) is 7.81. The van der Waals surface area contributed by atoms with Crippen LogP contribution >= 0.6 is 11.5 Å². The summed E-state index contributed by atoms with van der Waals surface area (Å²) in [6.07, 6.45) is 15.6. The van der Waals surface area contributed by atoms with E-state index in [0.29, 0.717) is 6.13 Å². The molecule has 0 aromatic heterocycles. The second-order valence-corrected chi connectivity index (χ2v) is 8.31. The molecule has 2 unspecified atom stereocenters.